The van der Waals surface area contributed by atoms with E-state index in [9.17, 15) is 0 Å². The van der Waals surface area contributed by atoms with Gasteiger partial charge in [0.15, 0.2) is 0 Å². The molecule has 0 spiro atoms. The molecule has 11 heavy (non-hydrogen) atoms. The minimum atomic E-state index is 0.657. The van der Waals surface area contributed by atoms with E-state index in [-0.39, 0.29) is 0 Å². The number of allylic oxidation sites excluding steroid dienone is 4. The van der Waals surface area contributed by atoms with Crippen LogP contribution in [0.4, 0.5) is 0 Å². The second-order valence-corrected chi connectivity index (χ2v) is 4.37. The first-order valence-electron chi connectivity index (χ1n) is 4.07. The molecule has 2 rings (SSSR count). The van der Waals surface area contributed by atoms with Crippen LogP contribution in [0.15, 0.2) is 34.3 Å². The van der Waals surface area contributed by atoms with Crippen molar-refractivity contribution in [3.8, 4) is 0 Å². The van der Waals surface area contributed by atoms with Crippen molar-refractivity contribution in [2.75, 3.05) is 0 Å². The number of hydrogen-bond donors (Lipinski definition) is 0. The average Bonchev–Trinajstić information content (AvgIpc) is 2.45. The minimum absolute atomic E-state index is 0.657. The topological polar surface area (TPSA) is 0 Å². The van der Waals surface area contributed by atoms with Gasteiger partial charge in [-0.2, -0.15) is 0 Å². The van der Waals surface area contributed by atoms with Crippen molar-refractivity contribution in [3.05, 3.63) is 34.3 Å². The molecule has 0 N–H and O–H groups in total. The third-order valence-corrected chi connectivity index (χ3v) is 3.36. The standard InChI is InChI=1S/C10H12S/c1-3-8-4-5-10-9(8)6-7(2)11-10/h4-6,10H,3H2,1-2H3. The van der Waals surface area contributed by atoms with Crippen LogP contribution >= 0.6 is 11.8 Å². The van der Waals surface area contributed by atoms with Gasteiger partial charge in [-0.15, -0.1) is 11.8 Å². The molecule has 1 unspecified atom stereocenters. The summed E-state index contributed by atoms with van der Waals surface area (Å²) in [5.41, 5.74) is 3.08. The molecule has 0 bridgehead atoms. The summed E-state index contributed by atoms with van der Waals surface area (Å²) in [5.74, 6) is 0. The highest BCUT2D eigenvalue weighted by molar-refractivity contribution is 8.04. The summed E-state index contributed by atoms with van der Waals surface area (Å²) in [5, 5.41) is 0.657. The molecule has 0 saturated carbocycles. The number of hydrogen-bond acceptors (Lipinski definition) is 1. The fourth-order valence-electron chi connectivity index (χ4n) is 1.64. The third kappa shape index (κ3) is 1.08. The molecule has 1 heterocycles. The molecule has 1 aliphatic heterocycles. The van der Waals surface area contributed by atoms with E-state index in [2.05, 4.69) is 32.1 Å². The normalized spacial score (nSPS) is 27.8. The average molecular weight is 164 g/mol. The Morgan fingerprint density at radius 3 is 3.09 bits per heavy atom. The van der Waals surface area contributed by atoms with E-state index < -0.39 is 0 Å². The lowest BCUT2D eigenvalue weighted by molar-refractivity contribution is 1.13. The van der Waals surface area contributed by atoms with Gasteiger partial charge in [0, 0.05) is 0 Å². The van der Waals surface area contributed by atoms with Crippen LogP contribution in [0.3, 0.4) is 0 Å². The highest BCUT2D eigenvalue weighted by atomic mass is 32.2. The minimum Gasteiger partial charge on any atom is -0.118 e. The van der Waals surface area contributed by atoms with Gasteiger partial charge in [-0.1, -0.05) is 19.1 Å². The molecule has 58 valence electrons. The number of thioether (sulfide) groups is 1. The Morgan fingerprint density at radius 1 is 1.55 bits per heavy atom. The second-order valence-electron chi connectivity index (χ2n) is 2.99. The highest BCUT2D eigenvalue weighted by Gasteiger charge is 2.23. The summed E-state index contributed by atoms with van der Waals surface area (Å²) in [6, 6.07) is 0. The first-order valence-corrected chi connectivity index (χ1v) is 4.95. The molecular weight excluding hydrogens is 152 g/mol. The van der Waals surface area contributed by atoms with Gasteiger partial charge in [-0.3, -0.25) is 0 Å². The van der Waals surface area contributed by atoms with Crippen LogP contribution in [0.2, 0.25) is 0 Å². The van der Waals surface area contributed by atoms with Crippen molar-refractivity contribution in [1.82, 2.24) is 0 Å². The van der Waals surface area contributed by atoms with Gasteiger partial charge < -0.3 is 0 Å². The van der Waals surface area contributed by atoms with Gasteiger partial charge in [0.2, 0.25) is 0 Å². The predicted octanol–water partition coefficient (Wildman–Crippen LogP) is 3.28. The van der Waals surface area contributed by atoms with Crippen molar-refractivity contribution in [1.29, 1.82) is 0 Å². The molecule has 0 radical (unpaired) electrons. The van der Waals surface area contributed by atoms with Crippen LogP contribution in [-0.4, -0.2) is 5.25 Å². The Kier molecular flexibility index (Phi) is 1.68. The lowest BCUT2D eigenvalue weighted by Crippen LogP contribution is -1.91. The smallest absolute Gasteiger partial charge is 0.0527 e. The Bertz CT molecular complexity index is 269. The molecule has 0 aromatic heterocycles. The van der Waals surface area contributed by atoms with Gasteiger partial charge in [0.05, 0.1) is 5.25 Å². The zero-order valence-corrected chi connectivity index (χ0v) is 7.74. The number of rotatable bonds is 1. The third-order valence-electron chi connectivity index (χ3n) is 2.20. The quantitative estimate of drug-likeness (QED) is 0.573. The molecule has 1 atom stereocenters. The van der Waals surface area contributed by atoms with E-state index in [0.29, 0.717) is 5.25 Å². The summed E-state index contributed by atoms with van der Waals surface area (Å²) in [7, 11) is 0. The fraction of sp³-hybridized carbons (Fsp3) is 0.400. The first kappa shape index (κ1) is 7.23. The lowest BCUT2D eigenvalue weighted by Gasteiger charge is -2.00. The maximum absolute atomic E-state index is 2.33. The van der Waals surface area contributed by atoms with Crippen molar-refractivity contribution >= 4 is 11.8 Å². The van der Waals surface area contributed by atoms with E-state index in [1.807, 2.05) is 11.8 Å². The Morgan fingerprint density at radius 2 is 2.36 bits per heavy atom. The molecule has 2 aliphatic rings. The van der Waals surface area contributed by atoms with Gasteiger partial charge in [0.25, 0.3) is 0 Å². The van der Waals surface area contributed by atoms with Crippen LogP contribution in [-0.2, 0) is 0 Å². The molecule has 1 aliphatic carbocycles. The maximum Gasteiger partial charge on any atom is 0.0527 e. The van der Waals surface area contributed by atoms with Crippen molar-refractivity contribution in [3.63, 3.8) is 0 Å². The summed E-state index contributed by atoms with van der Waals surface area (Å²) in [4.78, 5) is 1.46. The molecule has 0 aromatic carbocycles. The molecule has 0 aromatic rings. The van der Waals surface area contributed by atoms with Gasteiger partial charge >= 0.3 is 0 Å². The molecule has 0 nitrogen and oxygen atoms in total. The van der Waals surface area contributed by atoms with Crippen molar-refractivity contribution in [2.45, 2.75) is 25.5 Å². The van der Waals surface area contributed by atoms with Gasteiger partial charge in [0.1, 0.15) is 0 Å². The second kappa shape index (κ2) is 2.56. The van der Waals surface area contributed by atoms with E-state index in [4.69, 9.17) is 0 Å². The largest absolute Gasteiger partial charge is 0.118 e. The Labute approximate surface area is 72.1 Å². The van der Waals surface area contributed by atoms with E-state index in [1.54, 1.807) is 5.57 Å². The zero-order chi connectivity index (χ0) is 7.84. The molecule has 0 amide bonds. The van der Waals surface area contributed by atoms with Gasteiger partial charge in [-0.05, 0) is 35.5 Å². The van der Waals surface area contributed by atoms with Crippen LogP contribution in [0.1, 0.15) is 20.3 Å². The highest BCUT2D eigenvalue weighted by Crippen LogP contribution is 2.42. The van der Waals surface area contributed by atoms with Crippen LogP contribution in [0.5, 0.6) is 0 Å². The molecule has 0 saturated heterocycles. The van der Waals surface area contributed by atoms with Gasteiger partial charge in [-0.25, -0.2) is 0 Å². The predicted molar refractivity (Wildman–Crippen MR) is 51.6 cm³/mol. The zero-order valence-electron chi connectivity index (χ0n) is 6.92. The SMILES string of the molecule is CCC1=C2C=C(C)SC2C=C1. The molecule has 1 heteroatoms. The van der Waals surface area contributed by atoms with Crippen molar-refractivity contribution < 1.29 is 0 Å². The Balaban J connectivity index is 2.37. The van der Waals surface area contributed by atoms with Crippen LogP contribution in [0.25, 0.3) is 0 Å². The van der Waals surface area contributed by atoms with Crippen molar-refractivity contribution in [2.24, 2.45) is 0 Å². The Hall–Kier alpha value is -0.430. The summed E-state index contributed by atoms with van der Waals surface area (Å²) < 4.78 is 0. The lowest BCUT2D eigenvalue weighted by atomic mass is 10.1. The summed E-state index contributed by atoms with van der Waals surface area (Å²) in [6.07, 6.45) is 8.09. The van der Waals surface area contributed by atoms with Crippen LogP contribution in [0, 0.1) is 0 Å². The van der Waals surface area contributed by atoms with E-state index in [1.165, 1.54) is 16.9 Å². The monoisotopic (exact) mass is 164 g/mol. The molecular formula is C10H12S. The summed E-state index contributed by atoms with van der Waals surface area (Å²) >= 11 is 1.97. The van der Waals surface area contributed by atoms with E-state index >= 15 is 0 Å². The fourth-order valence-corrected chi connectivity index (χ4v) is 2.74. The first-order chi connectivity index (χ1) is 5.31. The van der Waals surface area contributed by atoms with Crippen LogP contribution < -0.4 is 0 Å². The molecule has 0 fully saturated rings. The van der Waals surface area contributed by atoms with E-state index in [0.717, 1.165) is 0 Å². The maximum atomic E-state index is 2.33. The summed E-state index contributed by atoms with van der Waals surface area (Å²) in [6.45, 7) is 4.42. The number of fused-ring (bicyclic) bond motifs is 1.